The van der Waals surface area contributed by atoms with Crippen molar-refractivity contribution in [3.8, 4) is 5.75 Å². The maximum absolute atomic E-state index is 12.3. The number of nitrogens with one attached hydrogen (secondary N) is 2. The molecule has 0 aromatic heterocycles. The summed E-state index contributed by atoms with van der Waals surface area (Å²) in [5, 5.41) is 4.30. The molecule has 2 aromatic rings. The molecule has 0 radical (unpaired) electrons. The van der Waals surface area contributed by atoms with E-state index in [0.717, 1.165) is 5.56 Å². The summed E-state index contributed by atoms with van der Waals surface area (Å²) in [6.45, 7) is 1.96. The SMILES string of the molecule is Cc1cccc(O[C@H](C)C(=O)Nc2ccccc2C(=O)NCC(F)(F)F)c1. The molecule has 0 saturated carbocycles. The van der Waals surface area contributed by atoms with Crippen LogP contribution >= 0.6 is 0 Å². The third kappa shape index (κ3) is 6.32. The number of para-hydroxylation sites is 1. The predicted molar refractivity (Wildman–Crippen MR) is 94.7 cm³/mol. The van der Waals surface area contributed by atoms with E-state index in [2.05, 4.69) is 5.32 Å². The fourth-order valence-electron chi connectivity index (χ4n) is 2.25. The molecule has 0 aliphatic carbocycles. The van der Waals surface area contributed by atoms with Crippen LogP contribution in [0, 0.1) is 6.92 Å². The number of hydrogen-bond donors (Lipinski definition) is 2. The molecule has 2 amide bonds. The molecule has 2 rings (SSSR count). The van der Waals surface area contributed by atoms with Crippen LogP contribution in [0.15, 0.2) is 48.5 Å². The molecule has 0 saturated heterocycles. The molecular formula is C19H19F3N2O3. The second-order valence-electron chi connectivity index (χ2n) is 5.91. The van der Waals surface area contributed by atoms with Gasteiger partial charge in [-0.05, 0) is 43.7 Å². The molecular weight excluding hydrogens is 361 g/mol. The smallest absolute Gasteiger partial charge is 0.405 e. The van der Waals surface area contributed by atoms with Crippen molar-refractivity contribution in [3.63, 3.8) is 0 Å². The zero-order valence-electron chi connectivity index (χ0n) is 14.8. The van der Waals surface area contributed by atoms with Crippen molar-refractivity contribution in [2.24, 2.45) is 0 Å². The highest BCUT2D eigenvalue weighted by Crippen LogP contribution is 2.19. The van der Waals surface area contributed by atoms with Gasteiger partial charge in [-0.2, -0.15) is 13.2 Å². The topological polar surface area (TPSA) is 67.4 Å². The maximum Gasteiger partial charge on any atom is 0.405 e. The molecule has 1 atom stereocenters. The lowest BCUT2D eigenvalue weighted by Gasteiger charge is -2.17. The van der Waals surface area contributed by atoms with Gasteiger partial charge in [-0.3, -0.25) is 9.59 Å². The Balaban J connectivity index is 2.06. The van der Waals surface area contributed by atoms with Crippen LogP contribution in [-0.2, 0) is 4.79 Å². The molecule has 0 heterocycles. The Morgan fingerprint density at radius 2 is 1.81 bits per heavy atom. The lowest BCUT2D eigenvalue weighted by molar-refractivity contribution is -0.123. The molecule has 8 heteroatoms. The number of hydrogen-bond acceptors (Lipinski definition) is 3. The molecule has 0 fully saturated rings. The van der Waals surface area contributed by atoms with Gasteiger partial charge >= 0.3 is 6.18 Å². The third-order valence-electron chi connectivity index (χ3n) is 3.55. The highest BCUT2D eigenvalue weighted by molar-refractivity contribution is 6.04. The number of carbonyl (C=O) groups is 2. The van der Waals surface area contributed by atoms with Gasteiger partial charge in [0.25, 0.3) is 11.8 Å². The van der Waals surface area contributed by atoms with Gasteiger partial charge in [-0.1, -0.05) is 24.3 Å². The minimum absolute atomic E-state index is 0.0714. The molecule has 2 aromatic carbocycles. The van der Waals surface area contributed by atoms with E-state index in [0.29, 0.717) is 5.75 Å². The van der Waals surface area contributed by atoms with Gasteiger partial charge in [-0.25, -0.2) is 0 Å². The van der Waals surface area contributed by atoms with E-state index in [-0.39, 0.29) is 11.3 Å². The van der Waals surface area contributed by atoms with Crippen LogP contribution in [-0.4, -0.2) is 30.6 Å². The first kappa shape index (κ1) is 20.3. The van der Waals surface area contributed by atoms with E-state index in [4.69, 9.17) is 4.74 Å². The van der Waals surface area contributed by atoms with Crippen LogP contribution in [0.1, 0.15) is 22.8 Å². The standard InChI is InChI=1S/C19H19F3N2O3/c1-12-6-5-7-14(10-12)27-13(2)17(25)24-16-9-4-3-8-15(16)18(26)23-11-19(20,21)22/h3-10,13H,11H2,1-2H3,(H,23,26)(H,24,25)/t13-/m1/s1. The van der Waals surface area contributed by atoms with Crippen LogP contribution in [0.2, 0.25) is 0 Å². The van der Waals surface area contributed by atoms with Crippen molar-refractivity contribution in [1.29, 1.82) is 0 Å². The van der Waals surface area contributed by atoms with Crippen molar-refractivity contribution in [2.75, 3.05) is 11.9 Å². The molecule has 144 valence electrons. The van der Waals surface area contributed by atoms with E-state index >= 15 is 0 Å². The second kappa shape index (κ2) is 8.57. The van der Waals surface area contributed by atoms with Gasteiger partial charge in [0.15, 0.2) is 6.10 Å². The van der Waals surface area contributed by atoms with Crippen LogP contribution in [0.5, 0.6) is 5.75 Å². The Hall–Kier alpha value is -3.03. The van der Waals surface area contributed by atoms with Crippen molar-refractivity contribution in [2.45, 2.75) is 26.1 Å². The number of halogens is 3. The Morgan fingerprint density at radius 1 is 1.11 bits per heavy atom. The van der Waals surface area contributed by atoms with E-state index in [1.54, 1.807) is 29.6 Å². The summed E-state index contributed by atoms with van der Waals surface area (Å²) < 4.78 is 42.4. The molecule has 5 nitrogen and oxygen atoms in total. The summed E-state index contributed by atoms with van der Waals surface area (Å²) >= 11 is 0. The highest BCUT2D eigenvalue weighted by atomic mass is 19.4. The van der Waals surface area contributed by atoms with Crippen LogP contribution in [0.4, 0.5) is 18.9 Å². The number of amides is 2. The normalized spacial score (nSPS) is 12.2. The largest absolute Gasteiger partial charge is 0.481 e. The first-order valence-electron chi connectivity index (χ1n) is 8.14. The van der Waals surface area contributed by atoms with Gasteiger partial charge < -0.3 is 15.4 Å². The molecule has 0 aliphatic heterocycles. The fraction of sp³-hybridized carbons (Fsp3) is 0.263. The molecule has 0 spiro atoms. The van der Waals surface area contributed by atoms with E-state index in [1.165, 1.54) is 25.1 Å². The number of rotatable bonds is 6. The Bertz CT molecular complexity index is 822. The molecule has 0 aliphatic rings. The summed E-state index contributed by atoms with van der Waals surface area (Å²) in [6.07, 6.45) is -5.40. The Morgan fingerprint density at radius 3 is 2.48 bits per heavy atom. The van der Waals surface area contributed by atoms with Crippen molar-refractivity contribution in [1.82, 2.24) is 5.32 Å². The van der Waals surface area contributed by atoms with Crippen LogP contribution in [0.3, 0.4) is 0 Å². The Kier molecular flexibility index (Phi) is 6.44. The predicted octanol–water partition coefficient (Wildman–Crippen LogP) is 3.69. The average Bonchev–Trinajstić information content (AvgIpc) is 2.59. The monoisotopic (exact) mass is 380 g/mol. The first-order chi connectivity index (χ1) is 12.7. The number of carbonyl (C=O) groups excluding carboxylic acids is 2. The molecule has 2 N–H and O–H groups in total. The average molecular weight is 380 g/mol. The summed E-state index contributed by atoms with van der Waals surface area (Å²) in [7, 11) is 0. The number of ether oxygens (including phenoxy) is 1. The van der Waals surface area contributed by atoms with Gasteiger partial charge in [-0.15, -0.1) is 0 Å². The zero-order valence-corrected chi connectivity index (χ0v) is 14.8. The minimum Gasteiger partial charge on any atom is -0.481 e. The summed E-state index contributed by atoms with van der Waals surface area (Å²) in [6, 6.07) is 12.9. The van der Waals surface area contributed by atoms with Crippen LogP contribution < -0.4 is 15.4 Å². The van der Waals surface area contributed by atoms with Crippen LogP contribution in [0.25, 0.3) is 0 Å². The summed E-state index contributed by atoms with van der Waals surface area (Å²) in [4.78, 5) is 24.3. The first-order valence-corrected chi connectivity index (χ1v) is 8.14. The third-order valence-corrected chi connectivity index (χ3v) is 3.55. The minimum atomic E-state index is -4.52. The van der Waals surface area contributed by atoms with E-state index in [1.807, 2.05) is 13.0 Å². The fourth-order valence-corrected chi connectivity index (χ4v) is 2.25. The molecule has 0 bridgehead atoms. The van der Waals surface area contributed by atoms with E-state index in [9.17, 15) is 22.8 Å². The van der Waals surface area contributed by atoms with Crippen molar-refractivity contribution >= 4 is 17.5 Å². The molecule has 27 heavy (non-hydrogen) atoms. The lowest BCUT2D eigenvalue weighted by atomic mass is 10.1. The van der Waals surface area contributed by atoms with Gasteiger partial charge in [0.05, 0.1) is 11.3 Å². The van der Waals surface area contributed by atoms with E-state index < -0.39 is 30.6 Å². The number of anilines is 1. The van der Waals surface area contributed by atoms with Crippen molar-refractivity contribution < 1.29 is 27.5 Å². The number of alkyl halides is 3. The van der Waals surface area contributed by atoms with Crippen molar-refractivity contribution in [3.05, 3.63) is 59.7 Å². The Labute approximate surface area is 154 Å². The maximum atomic E-state index is 12.3. The lowest BCUT2D eigenvalue weighted by Crippen LogP contribution is -2.35. The number of benzene rings is 2. The quantitative estimate of drug-likeness (QED) is 0.803. The highest BCUT2D eigenvalue weighted by Gasteiger charge is 2.28. The zero-order chi connectivity index (χ0) is 20.0. The number of aryl methyl sites for hydroxylation is 1. The van der Waals surface area contributed by atoms with Gasteiger partial charge in [0, 0.05) is 0 Å². The van der Waals surface area contributed by atoms with Gasteiger partial charge in [0.2, 0.25) is 0 Å². The van der Waals surface area contributed by atoms with Gasteiger partial charge in [0.1, 0.15) is 12.3 Å². The summed E-state index contributed by atoms with van der Waals surface area (Å²) in [5.41, 5.74) is 0.992. The molecule has 0 unspecified atom stereocenters. The second-order valence-corrected chi connectivity index (χ2v) is 5.91. The summed E-state index contributed by atoms with van der Waals surface area (Å²) in [5.74, 6) is -0.961.